The van der Waals surface area contributed by atoms with Crippen molar-refractivity contribution in [2.75, 3.05) is 0 Å². The number of carbonyl (C=O) groups excluding carboxylic acids is 1. The quantitative estimate of drug-likeness (QED) is 0.560. The summed E-state index contributed by atoms with van der Waals surface area (Å²) in [5.74, 6) is -0.274. The van der Waals surface area contributed by atoms with Crippen molar-refractivity contribution in [2.45, 2.75) is 32.2 Å². The zero-order valence-corrected chi connectivity index (χ0v) is 8.90. The second-order valence-corrected chi connectivity index (χ2v) is 4.19. The largest absolute Gasteiger partial charge is 0.459 e. The van der Waals surface area contributed by atoms with Crippen LogP contribution in [0.5, 0.6) is 0 Å². The molecule has 1 atom stereocenters. The first-order valence-electron chi connectivity index (χ1n) is 4.98. The smallest absolute Gasteiger partial charge is 0.338 e. The van der Waals surface area contributed by atoms with E-state index in [1.54, 1.807) is 0 Å². The summed E-state index contributed by atoms with van der Waals surface area (Å²) in [6, 6.07) is 9.61. The first-order valence-corrected chi connectivity index (χ1v) is 4.98. The van der Waals surface area contributed by atoms with Gasteiger partial charge in [-0.3, -0.25) is 0 Å². The SMILES string of the molecule is CC1(C)OC1C(=O)OCc1ccccc1. The monoisotopic (exact) mass is 206 g/mol. The van der Waals surface area contributed by atoms with Crippen LogP contribution in [0.15, 0.2) is 30.3 Å². The molecular weight excluding hydrogens is 192 g/mol. The molecule has 1 heterocycles. The fourth-order valence-electron chi connectivity index (χ4n) is 1.41. The summed E-state index contributed by atoms with van der Waals surface area (Å²) in [5, 5.41) is 0. The third-order valence-corrected chi connectivity index (χ3v) is 2.43. The van der Waals surface area contributed by atoms with Gasteiger partial charge in [0.15, 0.2) is 6.10 Å². The van der Waals surface area contributed by atoms with E-state index in [2.05, 4.69) is 0 Å². The van der Waals surface area contributed by atoms with Gasteiger partial charge in [-0.05, 0) is 19.4 Å². The van der Waals surface area contributed by atoms with Gasteiger partial charge in [-0.1, -0.05) is 30.3 Å². The van der Waals surface area contributed by atoms with Crippen molar-refractivity contribution in [1.29, 1.82) is 0 Å². The molecule has 0 aliphatic carbocycles. The van der Waals surface area contributed by atoms with Crippen LogP contribution in [0.1, 0.15) is 19.4 Å². The normalized spacial score (nSPS) is 22.1. The van der Waals surface area contributed by atoms with Crippen LogP contribution in [0.25, 0.3) is 0 Å². The second kappa shape index (κ2) is 3.66. The molecule has 1 fully saturated rings. The van der Waals surface area contributed by atoms with Crippen LogP contribution >= 0.6 is 0 Å². The molecule has 15 heavy (non-hydrogen) atoms. The second-order valence-electron chi connectivity index (χ2n) is 4.19. The molecule has 0 saturated carbocycles. The predicted octanol–water partition coefficient (Wildman–Crippen LogP) is 1.91. The molecular formula is C12H14O3. The van der Waals surface area contributed by atoms with Crippen LogP contribution in [0.4, 0.5) is 0 Å². The predicted molar refractivity (Wildman–Crippen MR) is 55.2 cm³/mol. The zero-order chi connectivity index (χ0) is 10.9. The van der Waals surface area contributed by atoms with Gasteiger partial charge in [-0.25, -0.2) is 4.79 Å². The topological polar surface area (TPSA) is 38.8 Å². The van der Waals surface area contributed by atoms with Crippen molar-refractivity contribution in [3.05, 3.63) is 35.9 Å². The molecule has 1 aliphatic rings. The van der Waals surface area contributed by atoms with Crippen molar-refractivity contribution in [3.63, 3.8) is 0 Å². The molecule has 80 valence electrons. The van der Waals surface area contributed by atoms with Crippen LogP contribution in [0.3, 0.4) is 0 Å². The van der Waals surface area contributed by atoms with Gasteiger partial charge in [-0.2, -0.15) is 0 Å². The fraction of sp³-hybridized carbons (Fsp3) is 0.417. The summed E-state index contributed by atoms with van der Waals surface area (Å²) >= 11 is 0. The third kappa shape index (κ3) is 2.36. The lowest BCUT2D eigenvalue weighted by atomic mass is 10.1. The summed E-state index contributed by atoms with van der Waals surface area (Å²) < 4.78 is 10.3. The Bertz CT molecular complexity index is 356. The van der Waals surface area contributed by atoms with Gasteiger partial charge in [0.05, 0.1) is 0 Å². The molecule has 1 unspecified atom stereocenters. The number of epoxide rings is 1. The van der Waals surface area contributed by atoms with Gasteiger partial charge < -0.3 is 9.47 Å². The Hall–Kier alpha value is -1.35. The molecule has 0 radical (unpaired) electrons. The number of hydrogen-bond acceptors (Lipinski definition) is 3. The Labute approximate surface area is 89.0 Å². The Balaban J connectivity index is 1.82. The third-order valence-electron chi connectivity index (χ3n) is 2.43. The number of rotatable bonds is 3. The number of benzene rings is 1. The van der Waals surface area contributed by atoms with E-state index in [-0.39, 0.29) is 17.7 Å². The molecule has 3 nitrogen and oxygen atoms in total. The van der Waals surface area contributed by atoms with E-state index >= 15 is 0 Å². The maximum absolute atomic E-state index is 11.4. The summed E-state index contributed by atoms with van der Waals surface area (Å²) in [6.07, 6.45) is -0.388. The first kappa shape index (κ1) is 10.2. The van der Waals surface area contributed by atoms with E-state index in [4.69, 9.17) is 9.47 Å². The molecule has 3 heteroatoms. The number of hydrogen-bond donors (Lipinski definition) is 0. The molecule has 0 spiro atoms. The van der Waals surface area contributed by atoms with Crippen molar-refractivity contribution in [3.8, 4) is 0 Å². The maximum atomic E-state index is 11.4. The van der Waals surface area contributed by atoms with Gasteiger partial charge in [-0.15, -0.1) is 0 Å². The van der Waals surface area contributed by atoms with Crippen molar-refractivity contribution in [2.24, 2.45) is 0 Å². The van der Waals surface area contributed by atoms with Gasteiger partial charge in [0.2, 0.25) is 0 Å². The molecule has 1 aromatic carbocycles. The molecule has 2 rings (SSSR count). The van der Waals surface area contributed by atoms with Crippen LogP contribution < -0.4 is 0 Å². The van der Waals surface area contributed by atoms with E-state index in [0.29, 0.717) is 6.61 Å². The van der Waals surface area contributed by atoms with Gasteiger partial charge in [0.1, 0.15) is 12.2 Å². The molecule has 0 amide bonds. The lowest BCUT2D eigenvalue weighted by Gasteiger charge is -2.03. The Morgan fingerprint density at radius 2 is 2.00 bits per heavy atom. The molecule has 1 saturated heterocycles. The van der Waals surface area contributed by atoms with E-state index < -0.39 is 0 Å². The molecule has 0 bridgehead atoms. The molecule has 0 N–H and O–H groups in total. The van der Waals surface area contributed by atoms with Gasteiger partial charge in [0.25, 0.3) is 0 Å². The summed E-state index contributed by atoms with van der Waals surface area (Å²) in [5.41, 5.74) is 0.651. The lowest BCUT2D eigenvalue weighted by Crippen LogP contribution is -2.17. The number of esters is 1. The Morgan fingerprint density at radius 1 is 1.40 bits per heavy atom. The minimum atomic E-state index is -0.388. The van der Waals surface area contributed by atoms with Crippen molar-refractivity contribution in [1.82, 2.24) is 0 Å². The average molecular weight is 206 g/mol. The number of carbonyl (C=O) groups is 1. The van der Waals surface area contributed by atoms with E-state index in [1.165, 1.54) is 0 Å². The van der Waals surface area contributed by atoms with Crippen LogP contribution in [0, 0.1) is 0 Å². The zero-order valence-electron chi connectivity index (χ0n) is 8.90. The molecule has 1 aliphatic heterocycles. The Morgan fingerprint density at radius 3 is 2.53 bits per heavy atom. The standard InChI is InChI=1S/C12H14O3/c1-12(2)10(15-12)11(13)14-8-9-6-4-3-5-7-9/h3-7,10H,8H2,1-2H3. The van der Waals surface area contributed by atoms with E-state index in [0.717, 1.165) is 5.56 Å². The van der Waals surface area contributed by atoms with E-state index in [9.17, 15) is 4.79 Å². The van der Waals surface area contributed by atoms with Crippen LogP contribution in [-0.2, 0) is 20.9 Å². The maximum Gasteiger partial charge on any atom is 0.338 e. The summed E-state index contributed by atoms with van der Waals surface area (Å²) in [4.78, 5) is 11.4. The Kier molecular flexibility index (Phi) is 2.49. The number of ether oxygens (including phenoxy) is 2. The van der Waals surface area contributed by atoms with Crippen LogP contribution in [0.2, 0.25) is 0 Å². The highest BCUT2D eigenvalue weighted by atomic mass is 16.7. The fourth-order valence-corrected chi connectivity index (χ4v) is 1.41. The minimum Gasteiger partial charge on any atom is -0.459 e. The summed E-state index contributed by atoms with van der Waals surface area (Å²) in [6.45, 7) is 4.07. The average Bonchev–Trinajstić information content (AvgIpc) is 2.86. The lowest BCUT2D eigenvalue weighted by molar-refractivity contribution is -0.146. The molecule has 0 aromatic heterocycles. The highest BCUT2D eigenvalue weighted by molar-refractivity contribution is 5.79. The van der Waals surface area contributed by atoms with Gasteiger partial charge >= 0.3 is 5.97 Å². The van der Waals surface area contributed by atoms with Crippen LogP contribution in [-0.4, -0.2) is 17.7 Å². The van der Waals surface area contributed by atoms with Crippen molar-refractivity contribution >= 4 is 5.97 Å². The minimum absolute atomic E-state index is 0.274. The highest BCUT2D eigenvalue weighted by Gasteiger charge is 2.54. The van der Waals surface area contributed by atoms with E-state index in [1.807, 2.05) is 44.2 Å². The summed E-state index contributed by atoms with van der Waals surface area (Å²) in [7, 11) is 0. The first-order chi connectivity index (χ1) is 7.09. The molecule has 1 aromatic rings. The van der Waals surface area contributed by atoms with Gasteiger partial charge in [0, 0.05) is 0 Å². The highest BCUT2D eigenvalue weighted by Crippen LogP contribution is 2.36. The van der Waals surface area contributed by atoms with Crippen molar-refractivity contribution < 1.29 is 14.3 Å².